The van der Waals surface area contributed by atoms with Gasteiger partial charge in [0.1, 0.15) is 0 Å². The normalized spacial score (nSPS) is 10.5. The van der Waals surface area contributed by atoms with Gasteiger partial charge < -0.3 is 9.88 Å². The molecule has 0 bridgehead atoms. The lowest BCUT2D eigenvalue weighted by molar-refractivity contribution is 0.984. The molecule has 15 heavy (non-hydrogen) atoms. The highest BCUT2D eigenvalue weighted by Crippen LogP contribution is 2.02. The fourth-order valence-electron chi connectivity index (χ4n) is 1.14. The van der Waals surface area contributed by atoms with Gasteiger partial charge >= 0.3 is 0 Å². The fraction of sp³-hybridized carbons (Fsp3) is 0.250. The fourth-order valence-corrected chi connectivity index (χ4v) is 1.14. The predicted octanol–water partition coefficient (Wildman–Crippen LogP) is -0.928. The van der Waals surface area contributed by atoms with E-state index in [1.165, 1.54) is 0 Å². The average molecular weight is 207 g/mol. The molecule has 0 aliphatic heterocycles. The van der Waals surface area contributed by atoms with Gasteiger partial charge in [0.15, 0.2) is 11.2 Å². The van der Waals surface area contributed by atoms with Crippen LogP contribution in [0.1, 0.15) is 0 Å². The van der Waals surface area contributed by atoms with Crippen LogP contribution in [0.15, 0.2) is 15.8 Å². The highest BCUT2D eigenvalue weighted by Gasteiger charge is 2.06. The maximum Gasteiger partial charge on any atom is 0.278 e. The summed E-state index contributed by atoms with van der Waals surface area (Å²) in [4.78, 5) is 36.9. The Morgan fingerprint density at radius 2 is 2.00 bits per heavy atom. The third-order valence-corrected chi connectivity index (χ3v) is 1.86. The predicted molar refractivity (Wildman–Crippen MR) is 55.1 cm³/mol. The van der Waals surface area contributed by atoms with E-state index in [-0.39, 0.29) is 11.2 Å². The summed E-state index contributed by atoms with van der Waals surface area (Å²) in [6.45, 7) is 0. The number of hydrogen-bond acceptors (Lipinski definition) is 5. The molecule has 2 aromatic heterocycles. The van der Waals surface area contributed by atoms with E-state index in [2.05, 4.69) is 19.9 Å². The molecule has 0 aliphatic carbocycles. The minimum absolute atomic E-state index is 0.0908. The largest absolute Gasteiger partial charge is 0.348 e. The summed E-state index contributed by atoms with van der Waals surface area (Å²) in [5.41, 5.74) is -0.517. The number of fused-ring (bicyclic) bond motifs is 1. The van der Waals surface area contributed by atoms with Gasteiger partial charge in [0.05, 0.1) is 6.20 Å². The van der Waals surface area contributed by atoms with E-state index < -0.39 is 11.1 Å². The summed E-state index contributed by atoms with van der Waals surface area (Å²) >= 11 is 0. The second-order valence-electron chi connectivity index (χ2n) is 3.23. The van der Waals surface area contributed by atoms with Gasteiger partial charge in [-0.15, -0.1) is 0 Å². The monoisotopic (exact) mass is 207 g/mol. The summed E-state index contributed by atoms with van der Waals surface area (Å²) in [5, 5.41) is 0. The third-order valence-electron chi connectivity index (χ3n) is 1.86. The SMILES string of the molecule is CN(C)c1nc2ncc(=O)[nH]c2c(=O)[nH]1. The van der Waals surface area contributed by atoms with Gasteiger partial charge in [-0.2, -0.15) is 4.98 Å². The summed E-state index contributed by atoms with van der Waals surface area (Å²) < 4.78 is 0. The van der Waals surface area contributed by atoms with Gasteiger partial charge in [-0.25, -0.2) is 4.98 Å². The van der Waals surface area contributed by atoms with Gasteiger partial charge in [-0.1, -0.05) is 0 Å². The summed E-state index contributed by atoms with van der Waals surface area (Å²) in [6, 6.07) is 0. The highest BCUT2D eigenvalue weighted by atomic mass is 16.1. The molecule has 0 saturated carbocycles. The Morgan fingerprint density at radius 3 is 2.67 bits per heavy atom. The highest BCUT2D eigenvalue weighted by molar-refractivity contribution is 5.68. The first kappa shape index (κ1) is 9.38. The molecular weight excluding hydrogens is 198 g/mol. The molecule has 78 valence electrons. The molecule has 0 fully saturated rings. The minimum atomic E-state index is -0.424. The Morgan fingerprint density at radius 1 is 1.27 bits per heavy atom. The molecule has 2 aromatic rings. The summed E-state index contributed by atoms with van der Waals surface area (Å²) in [7, 11) is 3.49. The molecule has 0 unspecified atom stereocenters. The number of H-pyrrole nitrogens is 2. The molecule has 7 nitrogen and oxygen atoms in total. The summed E-state index contributed by atoms with van der Waals surface area (Å²) in [5.74, 6) is 0.395. The second kappa shape index (κ2) is 3.19. The van der Waals surface area contributed by atoms with Gasteiger partial charge in [0.2, 0.25) is 5.95 Å². The molecule has 0 amide bonds. The zero-order valence-corrected chi connectivity index (χ0v) is 8.24. The van der Waals surface area contributed by atoms with E-state index in [0.717, 1.165) is 6.20 Å². The van der Waals surface area contributed by atoms with Crippen molar-refractivity contribution >= 4 is 17.1 Å². The number of nitrogens with zero attached hydrogens (tertiary/aromatic N) is 3. The molecule has 0 spiro atoms. The standard InChI is InChI=1S/C8H9N5O2/c1-13(2)8-11-6-5(7(15)12-8)10-4(14)3-9-6/h3H,1-2H3,(H,10,14)(H,9,11,12,15). The van der Waals surface area contributed by atoms with Crippen molar-refractivity contribution in [1.29, 1.82) is 0 Å². The van der Waals surface area contributed by atoms with Crippen LogP contribution in [0.3, 0.4) is 0 Å². The van der Waals surface area contributed by atoms with Crippen molar-refractivity contribution < 1.29 is 0 Å². The van der Waals surface area contributed by atoms with Crippen molar-refractivity contribution in [2.45, 2.75) is 0 Å². The zero-order chi connectivity index (χ0) is 11.0. The van der Waals surface area contributed by atoms with Crippen LogP contribution in [0.2, 0.25) is 0 Å². The van der Waals surface area contributed by atoms with Gasteiger partial charge in [0, 0.05) is 14.1 Å². The van der Waals surface area contributed by atoms with E-state index in [4.69, 9.17) is 0 Å². The number of aromatic nitrogens is 4. The van der Waals surface area contributed by atoms with E-state index in [0.29, 0.717) is 5.95 Å². The topological polar surface area (TPSA) is 94.7 Å². The molecule has 0 radical (unpaired) electrons. The number of hydrogen-bond donors (Lipinski definition) is 2. The first-order chi connectivity index (χ1) is 7.08. The van der Waals surface area contributed by atoms with Crippen LogP contribution in [0.4, 0.5) is 5.95 Å². The number of aromatic amines is 2. The van der Waals surface area contributed by atoms with E-state index in [1.807, 2.05) is 0 Å². The Kier molecular flexibility index (Phi) is 2.00. The first-order valence-electron chi connectivity index (χ1n) is 4.24. The van der Waals surface area contributed by atoms with E-state index in [1.54, 1.807) is 19.0 Å². The number of rotatable bonds is 1. The molecule has 0 aromatic carbocycles. The van der Waals surface area contributed by atoms with Crippen LogP contribution in [-0.2, 0) is 0 Å². The van der Waals surface area contributed by atoms with Gasteiger partial charge in [0.25, 0.3) is 11.1 Å². The molecule has 7 heteroatoms. The number of anilines is 1. The maximum absolute atomic E-state index is 11.5. The van der Waals surface area contributed by atoms with E-state index >= 15 is 0 Å². The second-order valence-corrected chi connectivity index (χ2v) is 3.23. The lowest BCUT2D eigenvalue weighted by atomic mass is 10.5. The van der Waals surface area contributed by atoms with Gasteiger partial charge in [-0.3, -0.25) is 14.6 Å². The van der Waals surface area contributed by atoms with Gasteiger partial charge in [-0.05, 0) is 0 Å². The van der Waals surface area contributed by atoms with Crippen LogP contribution in [-0.4, -0.2) is 34.0 Å². The maximum atomic E-state index is 11.5. The molecule has 2 N–H and O–H groups in total. The Hall–Kier alpha value is -2.18. The van der Waals surface area contributed by atoms with E-state index in [9.17, 15) is 9.59 Å². The Labute approximate surface area is 83.8 Å². The van der Waals surface area contributed by atoms with Crippen molar-refractivity contribution in [3.63, 3.8) is 0 Å². The van der Waals surface area contributed by atoms with Crippen molar-refractivity contribution in [3.05, 3.63) is 26.9 Å². The molecule has 0 aliphatic rings. The molecule has 0 atom stereocenters. The first-order valence-corrected chi connectivity index (χ1v) is 4.24. The van der Waals surface area contributed by atoms with Crippen LogP contribution >= 0.6 is 0 Å². The molecular formula is C8H9N5O2. The van der Waals surface area contributed by atoms with Crippen molar-refractivity contribution in [2.75, 3.05) is 19.0 Å². The lowest BCUT2D eigenvalue weighted by Gasteiger charge is -2.09. The van der Waals surface area contributed by atoms with Crippen LogP contribution in [0, 0.1) is 0 Å². The average Bonchev–Trinajstić information content (AvgIpc) is 2.18. The Balaban J connectivity index is 2.84. The molecule has 0 saturated heterocycles. The lowest BCUT2D eigenvalue weighted by Crippen LogP contribution is -2.21. The third kappa shape index (κ3) is 1.58. The smallest absolute Gasteiger partial charge is 0.278 e. The van der Waals surface area contributed by atoms with Crippen molar-refractivity contribution in [2.24, 2.45) is 0 Å². The van der Waals surface area contributed by atoms with Crippen molar-refractivity contribution in [3.8, 4) is 0 Å². The Bertz CT molecular complexity index is 612. The number of nitrogens with one attached hydrogen (secondary N) is 2. The van der Waals surface area contributed by atoms with Crippen LogP contribution < -0.4 is 16.0 Å². The molecule has 2 heterocycles. The molecule has 2 rings (SSSR count). The zero-order valence-electron chi connectivity index (χ0n) is 8.24. The quantitative estimate of drug-likeness (QED) is 0.630. The summed E-state index contributed by atoms with van der Waals surface area (Å²) in [6.07, 6.45) is 1.09. The van der Waals surface area contributed by atoms with Crippen LogP contribution in [0.5, 0.6) is 0 Å². The minimum Gasteiger partial charge on any atom is -0.348 e. The van der Waals surface area contributed by atoms with Crippen molar-refractivity contribution in [1.82, 2.24) is 19.9 Å². The van der Waals surface area contributed by atoms with Crippen LogP contribution in [0.25, 0.3) is 11.2 Å².